The molecule has 0 aliphatic heterocycles. The monoisotopic (exact) mass is 301 g/mol. The molecule has 21 heavy (non-hydrogen) atoms. The molecule has 0 fully saturated rings. The average Bonchev–Trinajstić information content (AvgIpc) is 3.04. The molecule has 0 unspecified atom stereocenters. The molecule has 0 spiro atoms. The maximum absolute atomic E-state index is 10.9. The van der Waals surface area contributed by atoms with Crippen LogP contribution in [0, 0.1) is 6.92 Å². The summed E-state index contributed by atoms with van der Waals surface area (Å²) < 4.78 is 1.92. The number of pyridine rings is 1. The summed E-state index contributed by atoms with van der Waals surface area (Å²) in [7, 11) is 0. The Morgan fingerprint density at radius 1 is 1.48 bits per heavy atom. The van der Waals surface area contributed by atoms with Crippen LogP contribution < -0.4 is 0 Å². The van der Waals surface area contributed by atoms with Gasteiger partial charge < -0.3 is 9.67 Å². The van der Waals surface area contributed by atoms with E-state index in [9.17, 15) is 4.79 Å². The third-order valence-corrected chi connectivity index (χ3v) is 4.14. The zero-order chi connectivity index (χ0) is 14.8. The predicted octanol–water partition coefficient (Wildman–Crippen LogP) is 2.87. The Balaban J connectivity index is 2.03. The lowest BCUT2D eigenvalue weighted by atomic mass is 10.3. The third-order valence-electron chi connectivity index (χ3n) is 3.26. The summed E-state index contributed by atoms with van der Waals surface area (Å²) in [5.74, 6) is 0.0536. The molecule has 3 aromatic rings. The summed E-state index contributed by atoms with van der Waals surface area (Å²) in [5.41, 5.74) is 2.63. The van der Waals surface area contributed by atoms with Gasteiger partial charge in [-0.1, -0.05) is 6.07 Å². The maximum atomic E-state index is 10.9. The summed E-state index contributed by atoms with van der Waals surface area (Å²) >= 11 is 1.67. The van der Waals surface area contributed by atoms with Gasteiger partial charge in [-0.05, 0) is 30.0 Å². The predicted molar refractivity (Wildman–Crippen MR) is 81.6 cm³/mol. The number of carboxylic acids is 1. The number of rotatable bonds is 5. The van der Waals surface area contributed by atoms with E-state index in [4.69, 9.17) is 5.11 Å². The van der Waals surface area contributed by atoms with Crippen molar-refractivity contribution >= 4 is 28.5 Å². The van der Waals surface area contributed by atoms with E-state index in [0.29, 0.717) is 13.0 Å². The first-order chi connectivity index (χ1) is 10.1. The maximum Gasteiger partial charge on any atom is 0.305 e. The first-order valence-corrected chi connectivity index (χ1v) is 7.57. The average molecular weight is 301 g/mol. The summed E-state index contributed by atoms with van der Waals surface area (Å²) in [4.78, 5) is 21.1. The Labute approximate surface area is 125 Å². The normalized spacial score (nSPS) is 11.1. The second kappa shape index (κ2) is 5.65. The molecule has 0 atom stereocenters. The highest BCUT2D eigenvalue weighted by Crippen LogP contribution is 2.20. The van der Waals surface area contributed by atoms with Crippen LogP contribution in [-0.4, -0.2) is 25.6 Å². The highest BCUT2D eigenvalue weighted by atomic mass is 32.1. The van der Waals surface area contributed by atoms with E-state index in [1.54, 1.807) is 17.5 Å². The Hall–Kier alpha value is -2.21. The fraction of sp³-hybridized carbons (Fsp3) is 0.267. The highest BCUT2D eigenvalue weighted by Gasteiger charge is 2.14. The van der Waals surface area contributed by atoms with E-state index in [1.807, 2.05) is 29.0 Å². The van der Waals surface area contributed by atoms with Gasteiger partial charge in [0, 0.05) is 24.0 Å². The lowest BCUT2D eigenvalue weighted by Gasteiger charge is -2.06. The molecule has 0 amide bonds. The van der Waals surface area contributed by atoms with Crippen molar-refractivity contribution in [3.05, 3.63) is 46.0 Å². The Morgan fingerprint density at radius 2 is 2.33 bits per heavy atom. The molecule has 0 saturated carbocycles. The number of hydrogen-bond acceptors (Lipinski definition) is 4. The Kier molecular flexibility index (Phi) is 3.70. The Morgan fingerprint density at radius 3 is 3.05 bits per heavy atom. The topological polar surface area (TPSA) is 68.0 Å². The van der Waals surface area contributed by atoms with Gasteiger partial charge in [-0.3, -0.25) is 4.79 Å². The van der Waals surface area contributed by atoms with Crippen LogP contribution in [0.15, 0.2) is 29.8 Å². The van der Waals surface area contributed by atoms with Crippen LogP contribution in [0.1, 0.15) is 22.7 Å². The second-order valence-corrected chi connectivity index (χ2v) is 5.97. The number of hydrogen-bond donors (Lipinski definition) is 1. The van der Waals surface area contributed by atoms with Crippen LogP contribution in [0.3, 0.4) is 0 Å². The van der Waals surface area contributed by atoms with Crippen LogP contribution in [0.4, 0.5) is 0 Å². The lowest BCUT2D eigenvalue weighted by molar-refractivity contribution is -0.137. The molecule has 3 heterocycles. The van der Waals surface area contributed by atoms with Gasteiger partial charge >= 0.3 is 5.97 Å². The zero-order valence-electron chi connectivity index (χ0n) is 11.6. The number of aryl methyl sites for hydroxylation is 2. The molecular weight excluding hydrogens is 286 g/mol. The smallest absolute Gasteiger partial charge is 0.305 e. The third kappa shape index (κ3) is 2.95. The Bertz CT molecular complexity index is 778. The number of thiophene rings is 1. The van der Waals surface area contributed by atoms with Crippen molar-refractivity contribution in [2.45, 2.75) is 26.3 Å². The van der Waals surface area contributed by atoms with Crippen LogP contribution >= 0.6 is 11.3 Å². The van der Waals surface area contributed by atoms with Gasteiger partial charge in [0.05, 0.1) is 6.42 Å². The highest BCUT2D eigenvalue weighted by molar-refractivity contribution is 7.09. The minimum Gasteiger partial charge on any atom is -0.481 e. The summed E-state index contributed by atoms with van der Waals surface area (Å²) in [6, 6.07) is 6.05. The van der Waals surface area contributed by atoms with Crippen LogP contribution in [0.2, 0.25) is 0 Å². The minimum atomic E-state index is -0.814. The molecule has 5 nitrogen and oxygen atoms in total. The molecule has 3 aromatic heterocycles. The first kappa shape index (κ1) is 13.8. The largest absolute Gasteiger partial charge is 0.481 e. The van der Waals surface area contributed by atoms with E-state index in [2.05, 4.69) is 16.0 Å². The van der Waals surface area contributed by atoms with Crippen LogP contribution in [0.5, 0.6) is 0 Å². The van der Waals surface area contributed by atoms with Crippen molar-refractivity contribution in [3.8, 4) is 0 Å². The molecule has 0 aliphatic rings. The lowest BCUT2D eigenvalue weighted by Crippen LogP contribution is -2.09. The van der Waals surface area contributed by atoms with Crippen molar-refractivity contribution in [2.24, 2.45) is 0 Å². The molecule has 0 bridgehead atoms. The van der Waals surface area contributed by atoms with Crippen molar-refractivity contribution in [2.75, 3.05) is 0 Å². The molecule has 3 rings (SSSR count). The fourth-order valence-electron chi connectivity index (χ4n) is 2.30. The standard InChI is InChI=1S/C15H15N3O2S/c1-10-7-12-15(16-9-10)18(5-4-14(19)20)13(17-12)8-11-3-2-6-21-11/h2-3,6-7,9H,4-5,8H2,1H3,(H,19,20). The number of nitrogens with zero attached hydrogens (tertiary/aromatic N) is 3. The van der Waals surface area contributed by atoms with E-state index in [-0.39, 0.29) is 6.42 Å². The number of carboxylic acid groups (broad SMARTS) is 1. The van der Waals surface area contributed by atoms with Crippen molar-refractivity contribution in [3.63, 3.8) is 0 Å². The fourth-order valence-corrected chi connectivity index (χ4v) is 3.01. The molecule has 1 N–H and O–H groups in total. The van der Waals surface area contributed by atoms with E-state index < -0.39 is 5.97 Å². The van der Waals surface area contributed by atoms with Gasteiger partial charge in [0.1, 0.15) is 11.3 Å². The molecular formula is C15H15N3O2S. The van der Waals surface area contributed by atoms with Gasteiger partial charge in [0.15, 0.2) is 5.65 Å². The summed E-state index contributed by atoms with van der Waals surface area (Å²) in [6.45, 7) is 2.37. The van der Waals surface area contributed by atoms with Crippen LogP contribution in [0.25, 0.3) is 11.2 Å². The minimum absolute atomic E-state index is 0.0679. The number of aromatic nitrogens is 3. The number of fused-ring (bicyclic) bond motifs is 1. The molecule has 6 heteroatoms. The molecule has 108 valence electrons. The summed E-state index contributed by atoms with van der Waals surface area (Å²) in [5, 5.41) is 11.0. The zero-order valence-corrected chi connectivity index (χ0v) is 12.4. The van der Waals surface area contributed by atoms with Gasteiger partial charge in [0.25, 0.3) is 0 Å². The van der Waals surface area contributed by atoms with Gasteiger partial charge in [0.2, 0.25) is 0 Å². The van der Waals surface area contributed by atoms with Crippen molar-refractivity contribution in [1.82, 2.24) is 14.5 Å². The molecule has 0 radical (unpaired) electrons. The van der Waals surface area contributed by atoms with E-state index >= 15 is 0 Å². The number of aliphatic carboxylic acids is 1. The molecule has 0 aromatic carbocycles. The molecule has 0 aliphatic carbocycles. The number of imidazole rings is 1. The number of carbonyl (C=O) groups is 1. The second-order valence-electron chi connectivity index (χ2n) is 4.93. The molecule has 0 saturated heterocycles. The SMILES string of the molecule is Cc1cnc2c(c1)nc(Cc1cccs1)n2CCC(=O)O. The van der Waals surface area contributed by atoms with Gasteiger partial charge in [-0.2, -0.15) is 0 Å². The first-order valence-electron chi connectivity index (χ1n) is 6.69. The van der Waals surface area contributed by atoms with Crippen LogP contribution in [-0.2, 0) is 17.8 Å². The van der Waals surface area contributed by atoms with Crippen molar-refractivity contribution in [1.29, 1.82) is 0 Å². The van der Waals surface area contributed by atoms with Gasteiger partial charge in [-0.15, -0.1) is 11.3 Å². The van der Waals surface area contributed by atoms with Gasteiger partial charge in [-0.25, -0.2) is 9.97 Å². The van der Waals surface area contributed by atoms with Crippen molar-refractivity contribution < 1.29 is 9.90 Å². The van der Waals surface area contributed by atoms with E-state index in [0.717, 1.165) is 22.6 Å². The summed E-state index contributed by atoms with van der Waals surface area (Å²) in [6.07, 6.45) is 2.56. The van der Waals surface area contributed by atoms with E-state index in [1.165, 1.54) is 4.88 Å². The quantitative estimate of drug-likeness (QED) is 0.787.